The van der Waals surface area contributed by atoms with Gasteiger partial charge in [0, 0.05) is 0 Å². The van der Waals surface area contributed by atoms with Gasteiger partial charge in [-0.05, 0) is 42.4 Å². The fraction of sp³-hybridized carbons (Fsp3) is 0.700. The summed E-state index contributed by atoms with van der Waals surface area (Å²) < 4.78 is 0. The van der Waals surface area contributed by atoms with E-state index in [0.717, 1.165) is 12.3 Å². The van der Waals surface area contributed by atoms with Gasteiger partial charge in [0.1, 0.15) is 0 Å². The molecule has 0 aromatic heterocycles. The Bertz CT molecular complexity index is 310. The van der Waals surface area contributed by atoms with E-state index in [4.69, 9.17) is 0 Å². The van der Waals surface area contributed by atoms with Crippen LogP contribution in [0.1, 0.15) is 85.4 Å². The minimum atomic E-state index is 0. The number of benzene rings is 1. The Morgan fingerprint density at radius 2 is 1.55 bits per heavy atom. The third-order valence-corrected chi connectivity index (χ3v) is 3.21. The molecule has 0 spiro atoms. The van der Waals surface area contributed by atoms with Gasteiger partial charge in [-0.25, -0.2) is 0 Å². The van der Waals surface area contributed by atoms with Gasteiger partial charge in [0.25, 0.3) is 0 Å². The Morgan fingerprint density at radius 1 is 0.950 bits per heavy atom. The highest BCUT2D eigenvalue weighted by Gasteiger charge is 1.97. The second-order valence-corrected chi connectivity index (χ2v) is 5.55. The molecule has 0 amide bonds. The van der Waals surface area contributed by atoms with Crippen LogP contribution in [0.3, 0.4) is 0 Å². The molecular weight excluding hydrogens is 240 g/mol. The molecule has 120 valence electrons. The first-order chi connectivity index (χ1) is 8.54. The Hall–Kier alpha value is -0.780. The van der Waals surface area contributed by atoms with Crippen LogP contribution in [0.4, 0.5) is 0 Å². The summed E-state index contributed by atoms with van der Waals surface area (Å²) in [6.07, 6.45) is 6.32. The van der Waals surface area contributed by atoms with Crippen LogP contribution < -0.4 is 0 Å². The highest BCUT2D eigenvalue weighted by molar-refractivity contribution is 5.31. The molecule has 0 aliphatic rings. The van der Waals surface area contributed by atoms with Crippen molar-refractivity contribution >= 4 is 0 Å². The minimum Gasteiger partial charge on any atom is -0.0776 e. The van der Waals surface area contributed by atoms with Crippen molar-refractivity contribution in [3.63, 3.8) is 0 Å². The van der Waals surface area contributed by atoms with Crippen molar-refractivity contribution < 1.29 is 0 Å². The van der Waals surface area contributed by atoms with Gasteiger partial charge in [-0.2, -0.15) is 0 Å². The molecular formula is C20H40. The van der Waals surface area contributed by atoms with E-state index in [-0.39, 0.29) is 14.9 Å². The predicted octanol–water partition coefficient (Wildman–Crippen LogP) is 7.22. The van der Waals surface area contributed by atoms with Crippen LogP contribution >= 0.6 is 0 Å². The first kappa shape index (κ1) is 24.3. The summed E-state index contributed by atoms with van der Waals surface area (Å²) in [5.74, 6) is 0.898. The van der Waals surface area contributed by atoms with E-state index < -0.39 is 0 Å². The number of rotatable bonds is 5. The maximum atomic E-state index is 2.35. The second kappa shape index (κ2) is 14.6. The van der Waals surface area contributed by atoms with Crippen LogP contribution in [0.25, 0.3) is 0 Å². The SMILES string of the molecule is C.C.CCCC(C)C.CCCc1cc(CC)ccc1C. The number of hydrogen-bond donors (Lipinski definition) is 0. The first-order valence-corrected chi connectivity index (χ1v) is 7.63. The lowest BCUT2D eigenvalue weighted by atomic mass is 10.0. The first-order valence-electron chi connectivity index (χ1n) is 7.63. The van der Waals surface area contributed by atoms with Gasteiger partial charge >= 0.3 is 0 Å². The van der Waals surface area contributed by atoms with Gasteiger partial charge in [-0.15, -0.1) is 0 Å². The molecule has 0 heterocycles. The molecule has 0 saturated carbocycles. The molecule has 0 bridgehead atoms. The zero-order valence-electron chi connectivity index (χ0n) is 13.3. The summed E-state index contributed by atoms with van der Waals surface area (Å²) in [4.78, 5) is 0. The third kappa shape index (κ3) is 11.1. The van der Waals surface area contributed by atoms with Crippen molar-refractivity contribution in [1.82, 2.24) is 0 Å². The average molecular weight is 281 g/mol. The maximum absolute atomic E-state index is 2.35. The summed E-state index contributed by atoms with van der Waals surface area (Å²) in [5.41, 5.74) is 4.43. The molecule has 0 fully saturated rings. The Balaban J connectivity index is -0.000000316. The molecule has 0 aliphatic heterocycles. The highest BCUT2D eigenvalue weighted by atomic mass is 14.0. The zero-order valence-corrected chi connectivity index (χ0v) is 13.3. The summed E-state index contributed by atoms with van der Waals surface area (Å²) >= 11 is 0. The van der Waals surface area contributed by atoms with Crippen molar-refractivity contribution in [2.75, 3.05) is 0 Å². The number of aryl methyl sites for hydroxylation is 3. The van der Waals surface area contributed by atoms with E-state index in [1.165, 1.54) is 42.4 Å². The van der Waals surface area contributed by atoms with E-state index in [0.29, 0.717) is 0 Å². The van der Waals surface area contributed by atoms with E-state index in [9.17, 15) is 0 Å². The van der Waals surface area contributed by atoms with Crippen LogP contribution in [0.2, 0.25) is 0 Å². The van der Waals surface area contributed by atoms with Crippen molar-refractivity contribution in [3.8, 4) is 0 Å². The summed E-state index contributed by atoms with van der Waals surface area (Å²) in [6, 6.07) is 6.82. The third-order valence-electron chi connectivity index (χ3n) is 3.21. The van der Waals surface area contributed by atoms with Crippen LogP contribution in [0.15, 0.2) is 18.2 Å². The average Bonchev–Trinajstić information content (AvgIpc) is 2.33. The summed E-state index contributed by atoms with van der Waals surface area (Å²) in [6.45, 7) is 13.4. The molecule has 1 rings (SSSR count). The normalized spacial score (nSPS) is 9.15. The van der Waals surface area contributed by atoms with Crippen LogP contribution in [-0.2, 0) is 12.8 Å². The van der Waals surface area contributed by atoms with E-state index >= 15 is 0 Å². The maximum Gasteiger partial charge on any atom is -0.0279 e. The molecule has 0 atom stereocenters. The van der Waals surface area contributed by atoms with Gasteiger partial charge in [-0.1, -0.05) is 86.9 Å². The lowest BCUT2D eigenvalue weighted by Crippen LogP contribution is -1.90. The molecule has 0 aliphatic carbocycles. The topological polar surface area (TPSA) is 0 Å². The van der Waals surface area contributed by atoms with Crippen molar-refractivity contribution in [2.45, 2.75) is 88.5 Å². The van der Waals surface area contributed by atoms with Crippen molar-refractivity contribution in [3.05, 3.63) is 34.9 Å². The van der Waals surface area contributed by atoms with Crippen LogP contribution in [0.5, 0.6) is 0 Å². The molecule has 1 aromatic carbocycles. The van der Waals surface area contributed by atoms with Gasteiger partial charge < -0.3 is 0 Å². The quantitative estimate of drug-likeness (QED) is 0.534. The number of hydrogen-bond acceptors (Lipinski definition) is 0. The highest BCUT2D eigenvalue weighted by Crippen LogP contribution is 2.13. The molecule has 0 unspecified atom stereocenters. The fourth-order valence-electron chi connectivity index (χ4n) is 2.06. The molecule has 0 radical (unpaired) electrons. The summed E-state index contributed by atoms with van der Waals surface area (Å²) in [7, 11) is 0. The molecule has 0 saturated heterocycles. The minimum absolute atomic E-state index is 0. The fourth-order valence-corrected chi connectivity index (χ4v) is 2.06. The standard InChI is InChI=1S/C12H18.C6H14.2CH4/c1-4-6-12-9-11(5-2)8-7-10(12)3;1-4-5-6(2)3;;/h7-9H,4-6H2,1-3H3;6H,4-5H2,1-3H3;2*1H4. The molecule has 20 heavy (non-hydrogen) atoms. The smallest absolute Gasteiger partial charge is 0.0279 e. The molecule has 1 aromatic rings. The Labute approximate surface area is 130 Å². The Morgan fingerprint density at radius 3 is 1.90 bits per heavy atom. The lowest BCUT2D eigenvalue weighted by Gasteiger charge is -2.06. The van der Waals surface area contributed by atoms with E-state index in [2.05, 4.69) is 59.7 Å². The zero-order chi connectivity index (χ0) is 14.0. The van der Waals surface area contributed by atoms with E-state index in [1.54, 1.807) is 0 Å². The van der Waals surface area contributed by atoms with Gasteiger partial charge in [0.15, 0.2) is 0 Å². The second-order valence-electron chi connectivity index (χ2n) is 5.55. The van der Waals surface area contributed by atoms with E-state index in [1.807, 2.05) is 0 Å². The van der Waals surface area contributed by atoms with Crippen molar-refractivity contribution in [2.24, 2.45) is 5.92 Å². The Kier molecular flexibility index (Phi) is 17.7. The molecule has 0 N–H and O–H groups in total. The molecule has 0 heteroatoms. The monoisotopic (exact) mass is 280 g/mol. The van der Waals surface area contributed by atoms with Gasteiger partial charge in [0.05, 0.1) is 0 Å². The largest absolute Gasteiger partial charge is 0.0776 e. The van der Waals surface area contributed by atoms with Crippen LogP contribution in [0, 0.1) is 12.8 Å². The molecule has 0 nitrogen and oxygen atoms in total. The summed E-state index contributed by atoms with van der Waals surface area (Å²) in [5, 5.41) is 0. The van der Waals surface area contributed by atoms with Crippen LogP contribution in [-0.4, -0.2) is 0 Å². The lowest BCUT2D eigenvalue weighted by molar-refractivity contribution is 0.576. The van der Waals surface area contributed by atoms with Gasteiger partial charge in [0.2, 0.25) is 0 Å². The van der Waals surface area contributed by atoms with Crippen molar-refractivity contribution in [1.29, 1.82) is 0 Å². The van der Waals surface area contributed by atoms with Gasteiger partial charge in [-0.3, -0.25) is 0 Å². The predicted molar refractivity (Wildman–Crippen MR) is 97.8 cm³/mol.